The zero-order valence-corrected chi connectivity index (χ0v) is 14.7. The number of nitrogens with zero attached hydrogens (tertiary/aromatic N) is 2. The summed E-state index contributed by atoms with van der Waals surface area (Å²) in [6, 6.07) is 8.40. The van der Waals surface area contributed by atoms with Gasteiger partial charge in [0, 0.05) is 17.6 Å². The summed E-state index contributed by atoms with van der Waals surface area (Å²) in [5.74, 6) is 0.260. The van der Waals surface area contributed by atoms with Crippen molar-refractivity contribution in [3.8, 4) is 0 Å². The Morgan fingerprint density at radius 3 is 3.08 bits per heavy atom. The standard InChI is InChI=1S/C19H22N2O2S/c1-13-12-24-18(20-13)17-11-21(9-10-23-17)19(22)16-8-4-6-14-5-2-3-7-15(14)16/h2-3,5,7,12,16-17H,4,6,8-11H2,1H3/t16-,17-/m0/s1. The highest BCUT2D eigenvalue weighted by molar-refractivity contribution is 7.09. The first kappa shape index (κ1) is 15.8. The van der Waals surface area contributed by atoms with E-state index in [0.29, 0.717) is 19.7 Å². The molecule has 1 aromatic heterocycles. The summed E-state index contributed by atoms with van der Waals surface area (Å²) in [6.07, 6.45) is 3.05. The molecule has 0 unspecified atom stereocenters. The van der Waals surface area contributed by atoms with Gasteiger partial charge in [-0.05, 0) is 37.3 Å². The largest absolute Gasteiger partial charge is 0.367 e. The molecule has 126 valence electrons. The molecule has 0 bridgehead atoms. The maximum Gasteiger partial charge on any atom is 0.230 e. The molecule has 0 N–H and O–H groups in total. The van der Waals surface area contributed by atoms with Crippen LogP contribution in [0.2, 0.25) is 0 Å². The van der Waals surface area contributed by atoms with E-state index in [9.17, 15) is 4.79 Å². The van der Waals surface area contributed by atoms with Crippen LogP contribution in [0.4, 0.5) is 0 Å². The van der Waals surface area contributed by atoms with E-state index < -0.39 is 0 Å². The fourth-order valence-electron chi connectivity index (χ4n) is 3.75. The van der Waals surface area contributed by atoms with Gasteiger partial charge in [0.25, 0.3) is 0 Å². The lowest BCUT2D eigenvalue weighted by molar-refractivity contribution is -0.141. The second-order valence-electron chi connectivity index (χ2n) is 6.61. The van der Waals surface area contributed by atoms with Gasteiger partial charge < -0.3 is 9.64 Å². The lowest BCUT2D eigenvalue weighted by Crippen LogP contribution is -2.44. The van der Waals surface area contributed by atoms with E-state index in [0.717, 1.165) is 30.0 Å². The minimum absolute atomic E-state index is 0.00623. The zero-order valence-electron chi connectivity index (χ0n) is 13.9. The second kappa shape index (κ2) is 6.65. The molecule has 1 saturated heterocycles. The van der Waals surface area contributed by atoms with E-state index in [1.165, 1.54) is 11.1 Å². The number of carbonyl (C=O) groups excluding carboxylic acids is 1. The van der Waals surface area contributed by atoms with E-state index in [4.69, 9.17) is 4.74 Å². The average molecular weight is 342 g/mol. The van der Waals surface area contributed by atoms with Crippen molar-refractivity contribution in [2.45, 2.75) is 38.2 Å². The monoisotopic (exact) mass is 342 g/mol. The maximum atomic E-state index is 13.2. The van der Waals surface area contributed by atoms with E-state index >= 15 is 0 Å². The number of ether oxygens (including phenoxy) is 1. The van der Waals surface area contributed by atoms with Gasteiger partial charge in [0.15, 0.2) is 0 Å². The van der Waals surface area contributed by atoms with Crippen LogP contribution in [0.1, 0.15) is 46.7 Å². The Morgan fingerprint density at radius 2 is 2.25 bits per heavy atom. The minimum atomic E-state index is -0.0831. The van der Waals surface area contributed by atoms with Crippen LogP contribution in [0.5, 0.6) is 0 Å². The fraction of sp³-hybridized carbons (Fsp3) is 0.474. The average Bonchev–Trinajstić information content (AvgIpc) is 3.07. The number of morpholine rings is 1. The molecule has 1 aliphatic carbocycles. The molecule has 0 radical (unpaired) electrons. The van der Waals surface area contributed by atoms with Crippen LogP contribution in [0.15, 0.2) is 29.6 Å². The van der Waals surface area contributed by atoms with Crippen molar-refractivity contribution in [2.75, 3.05) is 19.7 Å². The summed E-state index contributed by atoms with van der Waals surface area (Å²) in [4.78, 5) is 19.7. The summed E-state index contributed by atoms with van der Waals surface area (Å²) in [5, 5.41) is 3.02. The molecule has 1 amide bonds. The Balaban J connectivity index is 1.52. The van der Waals surface area contributed by atoms with Gasteiger partial charge in [-0.15, -0.1) is 11.3 Å². The number of carbonyl (C=O) groups is 1. The number of aromatic nitrogens is 1. The van der Waals surface area contributed by atoms with Crippen LogP contribution in [0.25, 0.3) is 0 Å². The van der Waals surface area contributed by atoms with Gasteiger partial charge in [0.05, 0.1) is 19.1 Å². The van der Waals surface area contributed by atoms with Crippen molar-refractivity contribution in [3.63, 3.8) is 0 Å². The highest BCUT2D eigenvalue weighted by Crippen LogP contribution is 2.34. The first-order chi connectivity index (χ1) is 11.7. The Labute approximate surface area is 146 Å². The molecule has 4 rings (SSSR count). The molecule has 0 saturated carbocycles. The highest BCUT2D eigenvalue weighted by atomic mass is 32.1. The summed E-state index contributed by atoms with van der Waals surface area (Å²) in [7, 11) is 0. The predicted molar refractivity (Wildman–Crippen MR) is 94.2 cm³/mol. The van der Waals surface area contributed by atoms with Crippen molar-refractivity contribution in [1.82, 2.24) is 9.88 Å². The third kappa shape index (κ3) is 2.98. The number of hydrogen-bond acceptors (Lipinski definition) is 4. The molecule has 1 fully saturated rings. The summed E-state index contributed by atoms with van der Waals surface area (Å²) >= 11 is 1.62. The fourth-order valence-corrected chi connectivity index (χ4v) is 4.58. The number of fused-ring (bicyclic) bond motifs is 1. The predicted octanol–water partition coefficient (Wildman–Crippen LogP) is 3.47. The van der Waals surface area contributed by atoms with Crippen molar-refractivity contribution in [2.24, 2.45) is 0 Å². The third-order valence-electron chi connectivity index (χ3n) is 4.96. The van der Waals surface area contributed by atoms with Crippen LogP contribution in [0, 0.1) is 6.92 Å². The molecule has 2 aromatic rings. The van der Waals surface area contributed by atoms with Gasteiger partial charge in [0.1, 0.15) is 11.1 Å². The second-order valence-corrected chi connectivity index (χ2v) is 7.50. The van der Waals surface area contributed by atoms with Gasteiger partial charge in [-0.2, -0.15) is 0 Å². The van der Waals surface area contributed by atoms with Crippen molar-refractivity contribution in [3.05, 3.63) is 51.5 Å². The van der Waals surface area contributed by atoms with Crippen molar-refractivity contribution < 1.29 is 9.53 Å². The first-order valence-corrected chi connectivity index (χ1v) is 9.50. The van der Waals surface area contributed by atoms with Gasteiger partial charge in [-0.3, -0.25) is 4.79 Å². The maximum absolute atomic E-state index is 13.2. The number of rotatable bonds is 2. The van der Waals surface area contributed by atoms with Crippen LogP contribution in [-0.2, 0) is 16.0 Å². The molecule has 2 aliphatic rings. The molecular formula is C19H22N2O2S. The van der Waals surface area contributed by atoms with Crippen molar-refractivity contribution >= 4 is 17.2 Å². The third-order valence-corrected chi connectivity index (χ3v) is 6.01. The number of hydrogen-bond donors (Lipinski definition) is 0. The number of aryl methyl sites for hydroxylation is 2. The van der Waals surface area contributed by atoms with Gasteiger partial charge in [0.2, 0.25) is 5.91 Å². The summed E-state index contributed by atoms with van der Waals surface area (Å²) < 4.78 is 5.87. The van der Waals surface area contributed by atoms with E-state index in [1.54, 1.807) is 11.3 Å². The van der Waals surface area contributed by atoms with Crippen LogP contribution < -0.4 is 0 Å². The van der Waals surface area contributed by atoms with Crippen LogP contribution in [0.3, 0.4) is 0 Å². The molecular weight excluding hydrogens is 320 g/mol. The zero-order chi connectivity index (χ0) is 16.5. The Hall–Kier alpha value is -1.72. The number of benzene rings is 1. The highest BCUT2D eigenvalue weighted by Gasteiger charge is 2.33. The SMILES string of the molecule is Cc1csc([C@@H]2CN(C(=O)[C@H]3CCCc4ccccc43)CCO2)n1. The van der Waals surface area contributed by atoms with Crippen molar-refractivity contribution in [1.29, 1.82) is 0 Å². The molecule has 2 heterocycles. The molecule has 1 aromatic carbocycles. The normalized spacial score (nSPS) is 23.8. The molecule has 1 aliphatic heterocycles. The molecule has 2 atom stereocenters. The molecule has 4 nitrogen and oxygen atoms in total. The Bertz CT molecular complexity index is 742. The number of amides is 1. The molecule has 5 heteroatoms. The van der Waals surface area contributed by atoms with Crippen LogP contribution >= 0.6 is 11.3 Å². The van der Waals surface area contributed by atoms with E-state index in [2.05, 4.69) is 23.2 Å². The smallest absolute Gasteiger partial charge is 0.230 e. The van der Waals surface area contributed by atoms with Gasteiger partial charge in [-0.1, -0.05) is 24.3 Å². The minimum Gasteiger partial charge on any atom is -0.367 e. The number of thiazole rings is 1. The van der Waals surface area contributed by atoms with E-state index in [1.807, 2.05) is 23.3 Å². The Kier molecular flexibility index (Phi) is 4.37. The molecule has 24 heavy (non-hydrogen) atoms. The molecule has 0 spiro atoms. The summed E-state index contributed by atoms with van der Waals surface area (Å²) in [5.41, 5.74) is 3.58. The van der Waals surface area contributed by atoms with Crippen LogP contribution in [-0.4, -0.2) is 35.5 Å². The quantitative estimate of drug-likeness (QED) is 0.839. The Morgan fingerprint density at radius 1 is 1.38 bits per heavy atom. The van der Waals surface area contributed by atoms with Gasteiger partial charge >= 0.3 is 0 Å². The van der Waals surface area contributed by atoms with Gasteiger partial charge in [-0.25, -0.2) is 4.98 Å². The lowest BCUT2D eigenvalue weighted by Gasteiger charge is -2.36. The summed E-state index contributed by atoms with van der Waals surface area (Å²) in [6.45, 7) is 3.87. The topological polar surface area (TPSA) is 42.4 Å². The first-order valence-electron chi connectivity index (χ1n) is 8.62. The van der Waals surface area contributed by atoms with E-state index in [-0.39, 0.29) is 17.9 Å². The lowest BCUT2D eigenvalue weighted by atomic mass is 9.82.